The number of rotatable bonds is 3. The Kier molecular flexibility index (Phi) is 4.14. The third-order valence-electron chi connectivity index (χ3n) is 2.60. The predicted molar refractivity (Wildman–Crippen MR) is 77.0 cm³/mol. The molecule has 0 saturated heterocycles. The van der Waals surface area contributed by atoms with Gasteiger partial charge in [0.05, 0.1) is 5.56 Å². The molecule has 2 aromatic rings. The van der Waals surface area contributed by atoms with E-state index in [1.807, 2.05) is 0 Å². The lowest BCUT2D eigenvalue weighted by Crippen LogP contribution is -2.14. The summed E-state index contributed by atoms with van der Waals surface area (Å²) in [6, 6.07) is 9.94. The molecule has 6 heteroatoms. The molecule has 0 spiro atoms. The van der Waals surface area contributed by atoms with Crippen molar-refractivity contribution in [2.24, 2.45) is 5.73 Å². The maximum Gasteiger partial charge on any atom is 0.256 e. The van der Waals surface area contributed by atoms with E-state index >= 15 is 0 Å². The molecular formula is C14H10BrFN2O2. The summed E-state index contributed by atoms with van der Waals surface area (Å²) in [7, 11) is 0. The van der Waals surface area contributed by atoms with Gasteiger partial charge in [-0.25, -0.2) is 4.39 Å². The van der Waals surface area contributed by atoms with Gasteiger partial charge in [0.15, 0.2) is 0 Å². The van der Waals surface area contributed by atoms with Gasteiger partial charge in [-0.2, -0.15) is 0 Å². The summed E-state index contributed by atoms with van der Waals surface area (Å²) in [6.45, 7) is 0. The number of nitrogens with two attached hydrogens (primary N) is 1. The second kappa shape index (κ2) is 5.83. The van der Waals surface area contributed by atoms with Gasteiger partial charge >= 0.3 is 0 Å². The topological polar surface area (TPSA) is 72.2 Å². The highest BCUT2D eigenvalue weighted by Crippen LogP contribution is 2.19. The summed E-state index contributed by atoms with van der Waals surface area (Å²) in [5.74, 6) is -1.50. The van der Waals surface area contributed by atoms with Crippen LogP contribution in [0.5, 0.6) is 0 Å². The van der Waals surface area contributed by atoms with E-state index in [-0.39, 0.29) is 5.56 Å². The Labute approximate surface area is 122 Å². The van der Waals surface area contributed by atoms with E-state index in [2.05, 4.69) is 21.2 Å². The number of primary amides is 1. The number of hydrogen-bond acceptors (Lipinski definition) is 2. The van der Waals surface area contributed by atoms with E-state index in [1.165, 1.54) is 24.3 Å². The van der Waals surface area contributed by atoms with Gasteiger partial charge in [-0.15, -0.1) is 0 Å². The Morgan fingerprint density at radius 1 is 1.10 bits per heavy atom. The van der Waals surface area contributed by atoms with Crippen LogP contribution >= 0.6 is 15.9 Å². The van der Waals surface area contributed by atoms with Crippen LogP contribution in [0.15, 0.2) is 46.9 Å². The highest BCUT2D eigenvalue weighted by Gasteiger charge is 2.11. The van der Waals surface area contributed by atoms with Crippen molar-refractivity contribution in [1.29, 1.82) is 0 Å². The van der Waals surface area contributed by atoms with Crippen molar-refractivity contribution in [3.8, 4) is 0 Å². The van der Waals surface area contributed by atoms with E-state index in [1.54, 1.807) is 12.1 Å². The minimum atomic E-state index is -0.546. The van der Waals surface area contributed by atoms with Crippen LogP contribution in [0.3, 0.4) is 0 Å². The molecule has 0 saturated carbocycles. The number of carbonyl (C=O) groups excluding carboxylic acids is 2. The lowest BCUT2D eigenvalue weighted by Gasteiger charge is -2.07. The normalized spacial score (nSPS) is 10.1. The zero-order chi connectivity index (χ0) is 14.7. The average molecular weight is 337 g/mol. The van der Waals surface area contributed by atoms with Crippen LogP contribution in [-0.2, 0) is 0 Å². The fourth-order valence-corrected chi connectivity index (χ4v) is 2.01. The van der Waals surface area contributed by atoms with Crippen LogP contribution in [0.1, 0.15) is 20.7 Å². The van der Waals surface area contributed by atoms with Crippen molar-refractivity contribution in [2.45, 2.75) is 0 Å². The summed E-state index contributed by atoms with van der Waals surface area (Å²) in [5.41, 5.74) is 6.13. The molecule has 4 nitrogen and oxygen atoms in total. The third-order valence-corrected chi connectivity index (χ3v) is 3.29. The maximum atomic E-state index is 13.1. The molecule has 102 valence electrons. The molecule has 0 fully saturated rings. The molecule has 0 heterocycles. The Bertz CT molecular complexity index is 671. The SMILES string of the molecule is NC(=O)c1ccc(NC(=O)c2cc(F)ccc2Br)cc1. The Morgan fingerprint density at radius 2 is 1.75 bits per heavy atom. The van der Waals surface area contributed by atoms with Gasteiger partial charge in [-0.05, 0) is 58.4 Å². The highest BCUT2D eigenvalue weighted by molar-refractivity contribution is 9.10. The van der Waals surface area contributed by atoms with E-state index < -0.39 is 17.6 Å². The summed E-state index contributed by atoms with van der Waals surface area (Å²) >= 11 is 3.19. The first-order chi connectivity index (χ1) is 9.47. The highest BCUT2D eigenvalue weighted by atomic mass is 79.9. The molecule has 0 aromatic heterocycles. The van der Waals surface area contributed by atoms with Crippen molar-refractivity contribution < 1.29 is 14.0 Å². The smallest absolute Gasteiger partial charge is 0.256 e. The monoisotopic (exact) mass is 336 g/mol. The van der Waals surface area contributed by atoms with Crippen molar-refractivity contribution in [3.63, 3.8) is 0 Å². The number of halogens is 2. The predicted octanol–water partition coefficient (Wildman–Crippen LogP) is 2.94. The van der Waals surface area contributed by atoms with E-state index in [9.17, 15) is 14.0 Å². The van der Waals surface area contributed by atoms with Crippen LogP contribution in [0, 0.1) is 5.82 Å². The molecule has 0 aliphatic rings. The van der Waals surface area contributed by atoms with Crippen LogP contribution in [0.4, 0.5) is 10.1 Å². The molecule has 0 aliphatic carbocycles. The fourth-order valence-electron chi connectivity index (χ4n) is 1.59. The number of amides is 2. The Balaban J connectivity index is 2.19. The molecule has 0 aliphatic heterocycles. The zero-order valence-corrected chi connectivity index (χ0v) is 11.8. The Morgan fingerprint density at radius 3 is 2.35 bits per heavy atom. The van der Waals surface area contributed by atoms with E-state index in [0.717, 1.165) is 6.07 Å². The van der Waals surface area contributed by atoms with Gasteiger partial charge in [0.2, 0.25) is 5.91 Å². The minimum Gasteiger partial charge on any atom is -0.366 e. The average Bonchev–Trinajstić information content (AvgIpc) is 2.42. The lowest BCUT2D eigenvalue weighted by atomic mass is 10.1. The third kappa shape index (κ3) is 3.21. The minimum absolute atomic E-state index is 0.184. The van der Waals surface area contributed by atoms with Crippen molar-refractivity contribution in [1.82, 2.24) is 0 Å². The number of benzene rings is 2. The quantitative estimate of drug-likeness (QED) is 0.904. The van der Waals surface area contributed by atoms with Gasteiger partial charge in [-0.1, -0.05) is 0 Å². The molecule has 0 atom stereocenters. The van der Waals surface area contributed by atoms with Crippen LogP contribution < -0.4 is 11.1 Å². The van der Waals surface area contributed by atoms with Crippen molar-refractivity contribution in [3.05, 3.63) is 63.9 Å². The number of hydrogen-bond donors (Lipinski definition) is 2. The lowest BCUT2D eigenvalue weighted by molar-refractivity contribution is 0.0998. The van der Waals surface area contributed by atoms with E-state index in [4.69, 9.17) is 5.73 Å². The second-order valence-electron chi connectivity index (χ2n) is 4.02. The molecule has 3 N–H and O–H groups in total. The van der Waals surface area contributed by atoms with Gasteiger partial charge in [-0.3, -0.25) is 9.59 Å². The number of carbonyl (C=O) groups is 2. The second-order valence-corrected chi connectivity index (χ2v) is 4.87. The van der Waals surface area contributed by atoms with Gasteiger partial charge < -0.3 is 11.1 Å². The van der Waals surface area contributed by atoms with E-state index in [0.29, 0.717) is 15.7 Å². The molecule has 2 amide bonds. The van der Waals surface area contributed by atoms with Crippen molar-refractivity contribution >= 4 is 33.4 Å². The van der Waals surface area contributed by atoms with Crippen molar-refractivity contribution in [2.75, 3.05) is 5.32 Å². The number of anilines is 1. The standard InChI is InChI=1S/C14H10BrFN2O2/c15-12-6-3-9(16)7-11(12)14(20)18-10-4-1-8(2-5-10)13(17)19/h1-7H,(H2,17,19)(H,18,20). The summed E-state index contributed by atoms with van der Waals surface area (Å²) in [6.07, 6.45) is 0. The zero-order valence-electron chi connectivity index (χ0n) is 10.2. The van der Waals surface area contributed by atoms with Gasteiger partial charge in [0.25, 0.3) is 5.91 Å². The summed E-state index contributed by atoms with van der Waals surface area (Å²) < 4.78 is 13.6. The first kappa shape index (κ1) is 14.2. The van der Waals surface area contributed by atoms with Gasteiger partial charge in [0.1, 0.15) is 5.82 Å². The number of nitrogens with one attached hydrogen (secondary N) is 1. The fraction of sp³-hybridized carbons (Fsp3) is 0. The molecule has 0 radical (unpaired) electrons. The summed E-state index contributed by atoms with van der Waals surface area (Å²) in [4.78, 5) is 22.9. The molecule has 20 heavy (non-hydrogen) atoms. The molecule has 0 unspecified atom stereocenters. The summed E-state index contributed by atoms with van der Waals surface area (Å²) in [5, 5.41) is 2.60. The molecule has 0 bridgehead atoms. The maximum absolute atomic E-state index is 13.1. The first-order valence-electron chi connectivity index (χ1n) is 5.63. The Hall–Kier alpha value is -2.21. The van der Waals surface area contributed by atoms with Gasteiger partial charge in [0, 0.05) is 15.7 Å². The molecular weight excluding hydrogens is 327 g/mol. The molecule has 2 aromatic carbocycles. The van der Waals surface area contributed by atoms with Crippen LogP contribution in [0.25, 0.3) is 0 Å². The first-order valence-corrected chi connectivity index (χ1v) is 6.43. The molecule has 2 rings (SSSR count). The largest absolute Gasteiger partial charge is 0.366 e. The van der Waals surface area contributed by atoms with Crippen LogP contribution in [-0.4, -0.2) is 11.8 Å². The van der Waals surface area contributed by atoms with Crippen LogP contribution in [0.2, 0.25) is 0 Å².